The van der Waals surface area contributed by atoms with E-state index >= 15 is 0 Å². The molecule has 0 aliphatic carbocycles. The molecule has 2 heterocycles. The van der Waals surface area contributed by atoms with Gasteiger partial charge >= 0.3 is 0 Å². The van der Waals surface area contributed by atoms with Crippen LogP contribution in [0.15, 0.2) is 30.3 Å². The standard InChI is InChI=1S/C16H19ClN4O.ClH/c1-10-11(2)21(8-7-18-10)16(22)15-9-14(19-20-15)12-5-3-4-6-13(12)17;/h3-6,9-11,18H,7-8H2,1-2H3,(H,19,20);1H. The second-order valence-corrected chi connectivity index (χ2v) is 6.04. The lowest BCUT2D eigenvalue weighted by Crippen LogP contribution is -2.57. The van der Waals surface area contributed by atoms with Crippen molar-refractivity contribution in [3.8, 4) is 11.3 Å². The number of carbonyl (C=O) groups excluding carboxylic acids is 1. The Morgan fingerprint density at radius 2 is 2.09 bits per heavy atom. The number of piperazine rings is 1. The normalized spacial score (nSPS) is 20.9. The molecule has 0 spiro atoms. The van der Waals surface area contributed by atoms with Gasteiger partial charge < -0.3 is 10.2 Å². The van der Waals surface area contributed by atoms with Crippen molar-refractivity contribution in [2.75, 3.05) is 13.1 Å². The van der Waals surface area contributed by atoms with Crippen LogP contribution in [0.4, 0.5) is 0 Å². The third-order valence-corrected chi connectivity index (χ3v) is 4.58. The van der Waals surface area contributed by atoms with Crippen LogP contribution in [0.3, 0.4) is 0 Å². The van der Waals surface area contributed by atoms with Crippen molar-refractivity contribution in [1.29, 1.82) is 0 Å². The molecule has 2 atom stereocenters. The lowest BCUT2D eigenvalue weighted by atomic mass is 10.1. The highest BCUT2D eigenvalue weighted by molar-refractivity contribution is 6.33. The van der Waals surface area contributed by atoms with Crippen LogP contribution in [0.25, 0.3) is 11.3 Å². The number of nitrogens with one attached hydrogen (secondary N) is 2. The topological polar surface area (TPSA) is 61.0 Å². The molecular weight excluding hydrogens is 335 g/mol. The van der Waals surface area contributed by atoms with Gasteiger partial charge in [0, 0.05) is 30.7 Å². The summed E-state index contributed by atoms with van der Waals surface area (Å²) in [5.74, 6) is -0.0216. The molecule has 1 saturated heterocycles. The highest BCUT2D eigenvalue weighted by Crippen LogP contribution is 2.26. The number of carbonyl (C=O) groups is 1. The van der Waals surface area contributed by atoms with Gasteiger partial charge in [0.2, 0.25) is 0 Å². The molecular formula is C16H20Cl2N4O. The van der Waals surface area contributed by atoms with Crippen molar-refractivity contribution in [3.05, 3.63) is 41.0 Å². The van der Waals surface area contributed by atoms with Gasteiger partial charge in [-0.1, -0.05) is 29.8 Å². The Morgan fingerprint density at radius 3 is 2.83 bits per heavy atom. The van der Waals surface area contributed by atoms with E-state index < -0.39 is 0 Å². The number of aromatic nitrogens is 2. The second kappa shape index (κ2) is 7.34. The van der Waals surface area contributed by atoms with Gasteiger partial charge in [-0.25, -0.2) is 0 Å². The quantitative estimate of drug-likeness (QED) is 0.871. The van der Waals surface area contributed by atoms with Gasteiger partial charge in [-0.15, -0.1) is 12.4 Å². The van der Waals surface area contributed by atoms with Gasteiger partial charge in [0.05, 0.1) is 10.7 Å². The van der Waals surface area contributed by atoms with Gasteiger partial charge in [0.15, 0.2) is 0 Å². The van der Waals surface area contributed by atoms with Crippen molar-refractivity contribution in [2.24, 2.45) is 0 Å². The first kappa shape index (κ1) is 17.8. The molecule has 1 aromatic heterocycles. The van der Waals surface area contributed by atoms with Crippen LogP contribution in [-0.2, 0) is 0 Å². The molecule has 23 heavy (non-hydrogen) atoms. The van der Waals surface area contributed by atoms with E-state index in [0.717, 1.165) is 12.1 Å². The number of aromatic amines is 1. The molecule has 1 aliphatic heterocycles. The highest BCUT2D eigenvalue weighted by Gasteiger charge is 2.29. The van der Waals surface area contributed by atoms with Crippen molar-refractivity contribution in [1.82, 2.24) is 20.4 Å². The number of halogens is 2. The summed E-state index contributed by atoms with van der Waals surface area (Å²) in [6.07, 6.45) is 0. The summed E-state index contributed by atoms with van der Waals surface area (Å²) in [6, 6.07) is 9.67. The zero-order chi connectivity index (χ0) is 15.7. The third-order valence-electron chi connectivity index (χ3n) is 4.25. The molecule has 5 nitrogen and oxygen atoms in total. The fourth-order valence-electron chi connectivity index (χ4n) is 2.74. The number of nitrogens with zero attached hydrogens (tertiary/aromatic N) is 2. The molecule has 0 radical (unpaired) electrons. The summed E-state index contributed by atoms with van der Waals surface area (Å²) in [5, 5.41) is 11.1. The molecule has 1 amide bonds. The molecule has 2 aromatic rings. The van der Waals surface area contributed by atoms with Crippen LogP contribution < -0.4 is 5.32 Å². The first-order valence-corrected chi connectivity index (χ1v) is 7.80. The van der Waals surface area contributed by atoms with Crippen LogP contribution in [0, 0.1) is 0 Å². The number of benzene rings is 1. The van der Waals surface area contributed by atoms with E-state index in [9.17, 15) is 4.79 Å². The van der Waals surface area contributed by atoms with E-state index in [-0.39, 0.29) is 30.4 Å². The zero-order valence-electron chi connectivity index (χ0n) is 13.0. The molecule has 1 aromatic carbocycles. The molecule has 124 valence electrons. The minimum absolute atomic E-state index is 0. The predicted molar refractivity (Wildman–Crippen MR) is 94.2 cm³/mol. The fraction of sp³-hybridized carbons (Fsp3) is 0.375. The Labute approximate surface area is 146 Å². The Balaban J connectivity index is 0.00000192. The molecule has 0 bridgehead atoms. The smallest absolute Gasteiger partial charge is 0.272 e. The molecule has 2 unspecified atom stereocenters. The van der Waals surface area contributed by atoms with Crippen LogP contribution in [0.1, 0.15) is 24.3 Å². The summed E-state index contributed by atoms with van der Waals surface area (Å²) in [6.45, 7) is 5.65. The van der Waals surface area contributed by atoms with Crippen LogP contribution >= 0.6 is 24.0 Å². The summed E-state index contributed by atoms with van der Waals surface area (Å²) in [7, 11) is 0. The Hall–Kier alpha value is -1.56. The van der Waals surface area contributed by atoms with Crippen molar-refractivity contribution in [3.63, 3.8) is 0 Å². The number of hydrogen-bond acceptors (Lipinski definition) is 3. The molecule has 0 saturated carbocycles. The zero-order valence-corrected chi connectivity index (χ0v) is 14.6. The minimum atomic E-state index is -0.0216. The van der Waals surface area contributed by atoms with Gasteiger partial charge in [-0.2, -0.15) is 5.10 Å². The van der Waals surface area contributed by atoms with E-state index in [1.165, 1.54) is 0 Å². The summed E-state index contributed by atoms with van der Waals surface area (Å²) < 4.78 is 0. The van der Waals surface area contributed by atoms with Gasteiger partial charge in [0.25, 0.3) is 5.91 Å². The highest BCUT2D eigenvalue weighted by atomic mass is 35.5. The predicted octanol–water partition coefficient (Wildman–Crippen LogP) is 2.97. The van der Waals surface area contributed by atoms with E-state index in [0.29, 0.717) is 23.0 Å². The first-order valence-electron chi connectivity index (χ1n) is 7.42. The van der Waals surface area contributed by atoms with Gasteiger partial charge in [0.1, 0.15) is 5.69 Å². The lowest BCUT2D eigenvalue weighted by Gasteiger charge is -2.38. The van der Waals surface area contributed by atoms with Gasteiger partial charge in [-0.05, 0) is 26.0 Å². The summed E-state index contributed by atoms with van der Waals surface area (Å²) in [4.78, 5) is 14.6. The monoisotopic (exact) mass is 354 g/mol. The Bertz CT molecular complexity index is 688. The lowest BCUT2D eigenvalue weighted by molar-refractivity contribution is 0.0597. The van der Waals surface area contributed by atoms with Crippen molar-refractivity contribution in [2.45, 2.75) is 25.9 Å². The maximum atomic E-state index is 12.7. The number of H-pyrrole nitrogens is 1. The molecule has 1 aliphatic rings. The van der Waals surface area contributed by atoms with E-state index in [1.807, 2.05) is 29.2 Å². The molecule has 7 heteroatoms. The van der Waals surface area contributed by atoms with Crippen LogP contribution in [0.5, 0.6) is 0 Å². The Morgan fingerprint density at radius 1 is 1.35 bits per heavy atom. The number of rotatable bonds is 2. The number of hydrogen-bond donors (Lipinski definition) is 2. The number of amides is 1. The second-order valence-electron chi connectivity index (χ2n) is 5.63. The third kappa shape index (κ3) is 3.52. The average molecular weight is 355 g/mol. The maximum absolute atomic E-state index is 12.7. The van der Waals surface area contributed by atoms with E-state index in [4.69, 9.17) is 11.6 Å². The SMILES string of the molecule is CC1NCCN(C(=O)c2cc(-c3ccccc3Cl)n[nH]2)C1C.Cl. The maximum Gasteiger partial charge on any atom is 0.272 e. The summed E-state index contributed by atoms with van der Waals surface area (Å²) in [5.41, 5.74) is 2.00. The summed E-state index contributed by atoms with van der Waals surface area (Å²) >= 11 is 6.18. The largest absolute Gasteiger partial charge is 0.332 e. The average Bonchev–Trinajstić information content (AvgIpc) is 2.99. The van der Waals surface area contributed by atoms with E-state index in [1.54, 1.807) is 6.07 Å². The first-order chi connectivity index (χ1) is 10.6. The van der Waals surface area contributed by atoms with Crippen molar-refractivity contribution >= 4 is 29.9 Å². The molecule has 3 rings (SSSR count). The van der Waals surface area contributed by atoms with E-state index in [2.05, 4.69) is 29.4 Å². The molecule has 1 fully saturated rings. The van der Waals surface area contributed by atoms with Crippen LogP contribution in [0.2, 0.25) is 5.02 Å². The van der Waals surface area contributed by atoms with Crippen LogP contribution in [-0.4, -0.2) is 46.2 Å². The minimum Gasteiger partial charge on any atom is -0.332 e. The Kier molecular flexibility index (Phi) is 5.68. The fourth-order valence-corrected chi connectivity index (χ4v) is 2.97. The van der Waals surface area contributed by atoms with Crippen molar-refractivity contribution < 1.29 is 4.79 Å². The van der Waals surface area contributed by atoms with Gasteiger partial charge in [-0.3, -0.25) is 9.89 Å². The molecule has 2 N–H and O–H groups in total.